The molecule has 7 nitrogen and oxygen atoms in total. The molecule has 4 aromatic carbocycles. The fraction of sp³-hybridized carbons (Fsp3) is 0.206. The number of carboxylic acids is 1. The smallest absolute Gasteiger partial charge is 0.331 e. The van der Waals surface area contributed by atoms with Crippen LogP contribution in [0.25, 0.3) is 0 Å². The second-order valence-electron chi connectivity index (χ2n) is 10.1. The van der Waals surface area contributed by atoms with E-state index in [1.54, 1.807) is 36.4 Å². The second-order valence-corrected chi connectivity index (χ2v) is 10.1. The zero-order valence-corrected chi connectivity index (χ0v) is 22.6. The Balaban J connectivity index is 1.48. The Kier molecular flexibility index (Phi) is 8.98. The number of likely N-dealkylation sites (tertiary alicyclic amines) is 1. The van der Waals surface area contributed by atoms with Gasteiger partial charge in [0.15, 0.2) is 6.04 Å². The SMILES string of the molecule is O=C(O)[C@H](N=C(c1ccccc1)c1ccccc1NC(=O)[C@@H]1CCCN1Cc1ccccc1)[C@@H](O)c1ccccc1. The molecule has 1 heterocycles. The van der Waals surface area contributed by atoms with E-state index in [0.29, 0.717) is 34.6 Å². The highest BCUT2D eigenvalue weighted by Gasteiger charge is 2.32. The van der Waals surface area contributed by atoms with Gasteiger partial charge in [0, 0.05) is 17.7 Å². The maximum atomic E-state index is 13.6. The number of amides is 1. The molecule has 0 unspecified atom stereocenters. The van der Waals surface area contributed by atoms with Crippen LogP contribution in [0.5, 0.6) is 0 Å². The molecular weight excluding hydrogens is 514 g/mol. The summed E-state index contributed by atoms with van der Waals surface area (Å²) < 4.78 is 0. The first-order chi connectivity index (χ1) is 20.0. The molecule has 0 spiro atoms. The van der Waals surface area contributed by atoms with Gasteiger partial charge in [-0.15, -0.1) is 0 Å². The van der Waals surface area contributed by atoms with Crippen molar-refractivity contribution in [2.75, 3.05) is 11.9 Å². The Morgan fingerprint density at radius 2 is 1.46 bits per heavy atom. The number of nitrogens with one attached hydrogen (secondary N) is 1. The highest BCUT2D eigenvalue weighted by atomic mass is 16.4. The lowest BCUT2D eigenvalue weighted by Gasteiger charge is -2.24. The molecular formula is C34H33N3O4. The minimum Gasteiger partial charge on any atom is -0.480 e. The van der Waals surface area contributed by atoms with Crippen molar-refractivity contribution < 1.29 is 19.8 Å². The summed E-state index contributed by atoms with van der Waals surface area (Å²) in [6, 6.07) is 33.5. The summed E-state index contributed by atoms with van der Waals surface area (Å²) >= 11 is 0. The number of aliphatic imine (C=N–C) groups is 1. The Hall–Kier alpha value is -4.59. The topological polar surface area (TPSA) is 102 Å². The molecule has 0 bridgehead atoms. The van der Waals surface area contributed by atoms with E-state index in [2.05, 4.69) is 27.3 Å². The second kappa shape index (κ2) is 13.2. The van der Waals surface area contributed by atoms with Crippen LogP contribution >= 0.6 is 0 Å². The Morgan fingerprint density at radius 3 is 2.15 bits per heavy atom. The minimum absolute atomic E-state index is 0.114. The fourth-order valence-electron chi connectivity index (χ4n) is 5.27. The van der Waals surface area contributed by atoms with E-state index in [9.17, 15) is 19.8 Å². The van der Waals surface area contributed by atoms with Crippen LogP contribution in [0.2, 0.25) is 0 Å². The van der Waals surface area contributed by atoms with E-state index < -0.39 is 18.1 Å². The van der Waals surface area contributed by atoms with Crippen LogP contribution in [0, 0.1) is 0 Å². The number of para-hydroxylation sites is 1. The maximum absolute atomic E-state index is 13.6. The highest BCUT2D eigenvalue weighted by molar-refractivity contribution is 6.17. The molecule has 1 aliphatic heterocycles. The first kappa shape index (κ1) is 28.0. The standard InChI is InChI=1S/C34H33N3O4/c38-32(26-17-8-3-9-18-26)31(34(40)41)36-30(25-15-6-2-7-16-25)27-19-10-11-20-28(27)35-33(39)29-21-12-22-37(29)23-24-13-4-1-5-14-24/h1-11,13-20,29,31-32,38H,12,21-23H2,(H,35,39)(H,40,41)/t29-,31+,32-/m0/s1. The third kappa shape index (κ3) is 6.77. The van der Waals surface area contributed by atoms with Crippen molar-refractivity contribution in [2.24, 2.45) is 4.99 Å². The molecule has 3 atom stereocenters. The van der Waals surface area contributed by atoms with Crippen LogP contribution in [-0.4, -0.2) is 51.3 Å². The van der Waals surface area contributed by atoms with E-state index in [1.165, 1.54) is 0 Å². The van der Waals surface area contributed by atoms with Crippen LogP contribution in [0.4, 0.5) is 5.69 Å². The number of hydrogen-bond donors (Lipinski definition) is 3. The number of rotatable bonds is 10. The van der Waals surface area contributed by atoms with Gasteiger partial charge in [0.25, 0.3) is 0 Å². The molecule has 0 radical (unpaired) electrons. The third-order valence-corrected chi connectivity index (χ3v) is 7.34. The average molecular weight is 548 g/mol. The van der Waals surface area contributed by atoms with Crippen molar-refractivity contribution >= 4 is 23.3 Å². The van der Waals surface area contributed by atoms with Crippen LogP contribution in [0.3, 0.4) is 0 Å². The summed E-state index contributed by atoms with van der Waals surface area (Å²) in [7, 11) is 0. The quantitative estimate of drug-likeness (QED) is 0.234. The lowest BCUT2D eigenvalue weighted by atomic mass is 9.98. The largest absolute Gasteiger partial charge is 0.480 e. The molecule has 41 heavy (non-hydrogen) atoms. The van der Waals surface area contributed by atoms with Gasteiger partial charge >= 0.3 is 5.97 Å². The van der Waals surface area contributed by atoms with Crippen LogP contribution in [-0.2, 0) is 16.1 Å². The fourth-order valence-corrected chi connectivity index (χ4v) is 5.27. The number of nitrogens with zero attached hydrogens (tertiary/aromatic N) is 2. The van der Waals surface area contributed by atoms with Crippen LogP contribution in [0.1, 0.15) is 41.2 Å². The van der Waals surface area contributed by atoms with E-state index in [1.807, 2.05) is 66.7 Å². The van der Waals surface area contributed by atoms with Gasteiger partial charge in [0.1, 0.15) is 6.10 Å². The average Bonchev–Trinajstić information content (AvgIpc) is 3.47. The van der Waals surface area contributed by atoms with Crippen LogP contribution < -0.4 is 5.32 Å². The lowest BCUT2D eigenvalue weighted by molar-refractivity contribution is -0.141. The van der Waals surface area contributed by atoms with Crippen molar-refractivity contribution in [3.05, 3.63) is 138 Å². The first-order valence-corrected chi connectivity index (χ1v) is 13.8. The molecule has 5 rings (SSSR count). The summed E-state index contributed by atoms with van der Waals surface area (Å²) in [5.41, 5.74) is 3.76. The number of aliphatic hydroxyl groups is 1. The van der Waals surface area contributed by atoms with Gasteiger partial charge in [-0.25, -0.2) is 4.79 Å². The monoisotopic (exact) mass is 547 g/mol. The molecule has 208 valence electrons. The highest BCUT2D eigenvalue weighted by Crippen LogP contribution is 2.27. The van der Waals surface area contributed by atoms with E-state index >= 15 is 0 Å². The first-order valence-electron chi connectivity index (χ1n) is 13.8. The van der Waals surface area contributed by atoms with Gasteiger partial charge in [-0.05, 0) is 36.6 Å². The molecule has 1 amide bonds. The van der Waals surface area contributed by atoms with Gasteiger partial charge in [-0.2, -0.15) is 0 Å². The third-order valence-electron chi connectivity index (χ3n) is 7.34. The maximum Gasteiger partial charge on any atom is 0.331 e. The predicted octanol–water partition coefficient (Wildman–Crippen LogP) is 5.31. The zero-order chi connectivity index (χ0) is 28.6. The Labute approximate surface area is 239 Å². The number of aliphatic hydroxyl groups excluding tert-OH is 1. The lowest BCUT2D eigenvalue weighted by Crippen LogP contribution is -2.39. The summed E-state index contributed by atoms with van der Waals surface area (Å²) in [5, 5.41) is 24.3. The molecule has 1 aliphatic rings. The summed E-state index contributed by atoms with van der Waals surface area (Å²) in [6.07, 6.45) is 0.324. The molecule has 1 saturated heterocycles. The van der Waals surface area contributed by atoms with Gasteiger partial charge < -0.3 is 15.5 Å². The number of benzene rings is 4. The number of carbonyl (C=O) groups is 2. The molecule has 3 N–H and O–H groups in total. The summed E-state index contributed by atoms with van der Waals surface area (Å²) in [4.78, 5) is 32.8. The zero-order valence-electron chi connectivity index (χ0n) is 22.6. The van der Waals surface area contributed by atoms with Crippen molar-refractivity contribution in [1.82, 2.24) is 4.90 Å². The molecule has 0 aliphatic carbocycles. The number of aliphatic carboxylic acids is 1. The summed E-state index contributed by atoms with van der Waals surface area (Å²) in [6.45, 7) is 1.53. The van der Waals surface area contributed by atoms with E-state index in [0.717, 1.165) is 24.9 Å². The predicted molar refractivity (Wildman–Crippen MR) is 160 cm³/mol. The number of carboxylic acid groups (broad SMARTS) is 1. The van der Waals surface area contributed by atoms with E-state index in [-0.39, 0.29) is 11.9 Å². The molecule has 0 saturated carbocycles. The number of carbonyl (C=O) groups excluding carboxylic acids is 1. The molecule has 1 fully saturated rings. The normalized spacial score (nSPS) is 17.1. The summed E-state index contributed by atoms with van der Waals surface area (Å²) in [5.74, 6) is -1.36. The molecule has 4 aromatic rings. The number of anilines is 1. The van der Waals surface area contributed by atoms with Crippen LogP contribution in [0.15, 0.2) is 120 Å². The van der Waals surface area contributed by atoms with Crippen molar-refractivity contribution in [1.29, 1.82) is 0 Å². The van der Waals surface area contributed by atoms with Gasteiger partial charge in [0.05, 0.1) is 17.4 Å². The molecule has 0 aromatic heterocycles. The van der Waals surface area contributed by atoms with E-state index in [4.69, 9.17) is 0 Å². The molecule has 7 heteroatoms. The number of hydrogen-bond acceptors (Lipinski definition) is 5. The minimum atomic E-state index is -1.47. The van der Waals surface area contributed by atoms with Gasteiger partial charge in [-0.1, -0.05) is 109 Å². The van der Waals surface area contributed by atoms with Crippen molar-refractivity contribution in [2.45, 2.75) is 37.6 Å². The Bertz CT molecular complexity index is 1490. The van der Waals surface area contributed by atoms with Crippen molar-refractivity contribution in [3.8, 4) is 0 Å². The van der Waals surface area contributed by atoms with Gasteiger partial charge in [-0.3, -0.25) is 14.7 Å². The van der Waals surface area contributed by atoms with Crippen molar-refractivity contribution in [3.63, 3.8) is 0 Å². The van der Waals surface area contributed by atoms with Gasteiger partial charge in [0.2, 0.25) is 5.91 Å². The Morgan fingerprint density at radius 1 is 0.854 bits per heavy atom.